The Labute approximate surface area is 104 Å². The number of aromatic nitrogens is 3. The number of nitrogen functional groups attached to an aromatic ring is 1. The Balaban J connectivity index is 2.17. The molecule has 0 saturated heterocycles. The Bertz CT molecular complexity index is 426. The Hall–Kier alpha value is -1.24. The van der Waals surface area contributed by atoms with E-state index in [-0.39, 0.29) is 11.2 Å². The summed E-state index contributed by atoms with van der Waals surface area (Å²) in [4.78, 5) is 10.5. The van der Waals surface area contributed by atoms with Crippen molar-refractivity contribution in [3.63, 3.8) is 0 Å². The van der Waals surface area contributed by atoms with Gasteiger partial charge in [0.25, 0.3) is 0 Å². The topological polar surface area (TPSA) is 94.0 Å². The molecule has 1 fully saturated rings. The summed E-state index contributed by atoms with van der Waals surface area (Å²) < 4.78 is 1.44. The van der Waals surface area contributed by atoms with Crippen LogP contribution in [-0.4, -0.2) is 31.7 Å². The summed E-state index contributed by atoms with van der Waals surface area (Å²) in [6.07, 6.45) is 4.49. The van der Waals surface area contributed by atoms with Crippen molar-refractivity contribution in [3.05, 3.63) is 5.82 Å². The normalized spacial score (nSPS) is 18.4. The number of nitrogens with zero attached hydrogens (tertiary/aromatic N) is 3. The predicted molar refractivity (Wildman–Crippen MR) is 64.4 cm³/mol. The van der Waals surface area contributed by atoms with Gasteiger partial charge in [0.2, 0.25) is 5.16 Å². The molecule has 94 valence electrons. The van der Waals surface area contributed by atoms with Crippen molar-refractivity contribution in [1.82, 2.24) is 14.9 Å². The van der Waals surface area contributed by atoms with E-state index in [9.17, 15) is 4.79 Å². The summed E-state index contributed by atoms with van der Waals surface area (Å²) in [6.45, 7) is 2.14. The van der Waals surface area contributed by atoms with E-state index in [1.807, 2.05) is 0 Å². The van der Waals surface area contributed by atoms with Crippen LogP contribution in [0.4, 0.5) is 0 Å². The fourth-order valence-corrected chi connectivity index (χ4v) is 2.87. The highest BCUT2D eigenvalue weighted by molar-refractivity contribution is 7.99. The molecule has 1 heterocycles. The number of carboxylic acid groups (broad SMARTS) is 1. The van der Waals surface area contributed by atoms with Crippen LogP contribution < -0.4 is 5.84 Å². The van der Waals surface area contributed by atoms with Gasteiger partial charge in [0.05, 0.1) is 5.75 Å². The van der Waals surface area contributed by atoms with Gasteiger partial charge in [0.15, 0.2) is 5.82 Å². The van der Waals surface area contributed by atoms with Crippen LogP contribution in [-0.2, 0) is 10.2 Å². The average molecular weight is 256 g/mol. The summed E-state index contributed by atoms with van der Waals surface area (Å²) in [5, 5.41) is 17.2. The number of carboxylic acids is 1. The van der Waals surface area contributed by atoms with Crippen LogP contribution in [0.25, 0.3) is 0 Å². The predicted octanol–water partition coefficient (Wildman–Crippen LogP) is 1.00. The molecular formula is C10H16N4O2S. The van der Waals surface area contributed by atoms with E-state index >= 15 is 0 Å². The summed E-state index contributed by atoms with van der Waals surface area (Å²) in [5.41, 5.74) is -0.0101. The molecule has 0 aromatic carbocycles. The first kappa shape index (κ1) is 12.2. The van der Waals surface area contributed by atoms with Gasteiger partial charge in [0, 0.05) is 5.41 Å². The molecule has 6 nitrogen and oxygen atoms in total. The minimum absolute atomic E-state index is 0.0101. The van der Waals surface area contributed by atoms with Crippen LogP contribution in [0.1, 0.15) is 38.4 Å². The zero-order valence-electron chi connectivity index (χ0n) is 9.72. The van der Waals surface area contributed by atoms with Crippen LogP contribution in [0.15, 0.2) is 5.16 Å². The minimum Gasteiger partial charge on any atom is -0.481 e. The molecule has 1 aromatic heterocycles. The quantitative estimate of drug-likeness (QED) is 0.616. The lowest BCUT2D eigenvalue weighted by atomic mass is 9.88. The Kier molecular flexibility index (Phi) is 3.28. The molecule has 0 aliphatic heterocycles. The van der Waals surface area contributed by atoms with Crippen molar-refractivity contribution >= 4 is 17.7 Å². The second kappa shape index (κ2) is 4.56. The molecule has 1 saturated carbocycles. The van der Waals surface area contributed by atoms with Gasteiger partial charge in [-0.05, 0) is 12.8 Å². The van der Waals surface area contributed by atoms with E-state index in [1.54, 1.807) is 0 Å². The van der Waals surface area contributed by atoms with E-state index < -0.39 is 5.97 Å². The van der Waals surface area contributed by atoms with Gasteiger partial charge >= 0.3 is 5.97 Å². The van der Waals surface area contributed by atoms with Crippen LogP contribution in [0.2, 0.25) is 0 Å². The van der Waals surface area contributed by atoms with Crippen molar-refractivity contribution in [2.75, 3.05) is 11.6 Å². The first-order valence-electron chi connectivity index (χ1n) is 5.58. The summed E-state index contributed by atoms with van der Waals surface area (Å²) >= 11 is 1.10. The maximum atomic E-state index is 10.5. The van der Waals surface area contributed by atoms with Crippen LogP contribution >= 0.6 is 11.8 Å². The SMILES string of the molecule is CC1(c2nnc(SCC(=O)O)n2N)CCCC1. The molecule has 0 amide bonds. The monoisotopic (exact) mass is 256 g/mol. The lowest BCUT2D eigenvalue weighted by Crippen LogP contribution is -2.27. The Morgan fingerprint density at radius 2 is 2.18 bits per heavy atom. The summed E-state index contributed by atoms with van der Waals surface area (Å²) in [7, 11) is 0. The molecule has 0 atom stereocenters. The number of nitrogens with two attached hydrogens (primary N) is 1. The van der Waals surface area contributed by atoms with Crippen LogP contribution in [0.3, 0.4) is 0 Å². The number of thioether (sulfide) groups is 1. The molecule has 3 N–H and O–H groups in total. The largest absolute Gasteiger partial charge is 0.481 e. The first-order valence-corrected chi connectivity index (χ1v) is 6.57. The van der Waals surface area contributed by atoms with Gasteiger partial charge in [-0.3, -0.25) is 4.79 Å². The highest BCUT2D eigenvalue weighted by Gasteiger charge is 2.35. The van der Waals surface area contributed by atoms with Gasteiger partial charge in [-0.2, -0.15) is 0 Å². The molecule has 0 unspecified atom stereocenters. The third kappa shape index (κ3) is 2.38. The highest BCUT2D eigenvalue weighted by Crippen LogP contribution is 2.39. The van der Waals surface area contributed by atoms with Gasteiger partial charge in [-0.25, -0.2) is 4.68 Å². The van der Waals surface area contributed by atoms with Crippen molar-refractivity contribution in [3.8, 4) is 0 Å². The van der Waals surface area contributed by atoms with E-state index in [1.165, 1.54) is 17.5 Å². The number of hydrogen-bond donors (Lipinski definition) is 2. The first-order chi connectivity index (χ1) is 8.03. The summed E-state index contributed by atoms with van der Waals surface area (Å²) in [6, 6.07) is 0. The average Bonchev–Trinajstić information content (AvgIpc) is 2.83. The number of aliphatic carboxylic acids is 1. The van der Waals surface area contributed by atoms with Crippen molar-refractivity contribution < 1.29 is 9.90 Å². The Morgan fingerprint density at radius 3 is 2.76 bits per heavy atom. The van der Waals surface area contributed by atoms with Crippen LogP contribution in [0.5, 0.6) is 0 Å². The number of rotatable bonds is 4. The third-order valence-electron chi connectivity index (χ3n) is 3.24. The summed E-state index contributed by atoms with van der Waals surface area (Å²) in [5.74, 6) is 5.77. The number of carbonyl (C=O) groups is 1. The zero-order chi connectivity index (χ0) is 12.5. The molecule has 1 aromatic rings. The van der Waals surface area contributed by atoms with Crippen LogP contribution in [0, 0.1) is 0 Å². The van der Waals surface area contributed by atoms with E-state index in [4.69, 9.17) is 10.9 Å². The fourth-order valence-electron chi connectivity index (χ4n) is 2.29. The minimum atomic E-state index is -0.883. The molecule has 2 rings (SSSR count). The van der Waals surface area contributed by atoms with Crippen molar-refractivity contribution in [2.24, 2.45) is 0 Å². The fraction of sp³-hybridized carbons (Fsp3) is 0.700. The third-order valence-corrected chi connectivity index (χ3v) is 4.16. The second-order valence-electron chi connectivity index (χ2n) is 4.63. The van der Waals surface area contributed by atoms with Crippen molar-refractivity contribution in [1.29, 1.82) is 0 Å². The Morgan fingerprint density at radius 1 is 1.53 bits per heavy atom. The molecule has 0 spiro atoms. The molecule has 1 aliphatic carbocycles. The van der Waals surface area contributed by atoms with E-state index in [2.05, 4.69) is 17.1 Å². The van der Waals surface area contributed by atoms with E-state index in [0.717, 1.165) is 30.4 Å². The zero-order valence-corrected chi connectivity index (χ0v) is 10.5. The molecule has 0 bridgehead atoms. The highest BCUT2D eigenvalue weighted by atomic mass is 32.2. The van der Waals surface area contributed by atoms with Gasteiger partial charge in [-0.1, -0.05) is 31.5 Å². The second-order valence-corrected chi connectivity index (χ2v) is 5.57. The van der Waals surface area contributed by atoms with Gasteiger partial charge in [0.1, 0.15) is 0 Å². The number of hydrogen-bond acceptors (Lipinski definition) is 5. The lowest BCUT2D eigenvalue weighted by Gasteiger charge is -2.21. The van der Waals surface area contributed by atoms with Gasteiger partial charge in [-0.15, -0.1) is 10.2 Å². The lowest BCUT2D eigenvalue weighted by molar-refractivity contribution is -0.133. The van der Waals surface area contributed by atoms with Crippen molar-refractivity contribution in [2.45, 2.75) is 43.2 Å². The molecular weight excluding hydrogens is 240 g/mol. The maximum absolute atomic E-state index is 10.5. The molecule has 1 aliphatic rings. The maximum Gasteiger partial charge on any atom is 0.313 e. The van der Waals surface area contributed by atoms with Gasteiger partial charge < -0.3 is 10.9 Å². The molecule has 7 heteroatoms. The standard InChI is InChI=1S/C10H16N4O2S/c1-10(4-2-3-5-10)8-12-13-9(14(8)11)17-6-7(15)16/h2-6,11H2,1H3,(H,15,16). The smallest absolute Gasteiger partial charge is 0.313 e. The molecule has 17 heavy (non-hydrogen) atoms. The van der Waals surface area contributed by atoms with E-state index in [0.29, 0.717) is 5.16 Å². The molecule has 0 radical (unpaired) electrons.